The molecule has 5 nitrogen and oxygen atoms in total. The molecule has 0 aliphatic carbocycles. The van der Waals surface area contributed by atoms with E-state index in [0.29, 0.717) is 5.56 Å². The summed E-state index contributed by atoms with van der Waals surface area (Å²) in [7, 11) is 0. The first-order valence-corrected chi connectivity index (χ1v) is 9.37. The number of thioether (sulfide) groups is 1. The number of amides is 2. The summed E-state index contributed by atoms with van der Waals surface area (Å²) in [4.78, 5) is 23.9. The van der Waals surface area contributed by atoms with Crippen molar-refractivity contribution >= 4 is 29.3 Å². The lowest BCUT2D eigenvalue weighted by Gasteiger charge is -2.11. The number of anilines is 1. The molecule has 0 saturated heterocycles. The van der Waals surface area contributed by atoms with E-state index in [1.165, 1.54) is 5.56 Å². The molecule has 6 heteroatoms. The standard InChI is InChI=1S/C19H23N3O2S/c1-13-4-9-17(14(2)10-13)20-11-18(23)21-22-19(24)16-7-5-15(6-8-16)12-25-3/h4-10,20H,11-12H2,1-3H3,(H,21,23)(H,22,24). The molecule has 0 aliphatic rings. The van der Waals surface area contributed by atoms with Gasteiger partial charge in [-0.25, -0.2) is 0 Å². The minimum atomic E-state index is -0.337. The Hall–Kier alpha value is -2.47. The van der Waals surface area contributed by atoms with Gasteiger partial charge in [0, 0.05) is 17.0 Å². The normalized spacial score (nSPS) is 10.2. The van der Waals surface area contributed by atoms with Crippen LogP contribution in [0.1, 0.15) is 27.0 Å². The van der Waals surface area contributed by atoms with Crippen molar-refractivity contribution in [2.75, 3.05) is 18.1 Å². The Morgan fingerprint density at radius 3 is 2.36 bits per heavy atom. The van der Waals surface area contributed by atoms with Crippen molar-refractivity contribution in [3.8, 4) is 0 Å². The van der Waals surface area contributed by atoms with Crippen LogP contribution in [0, 0.1) is 13.8 Å². The van der Waals surface area contributed by atoms with Gasteiger partial charge in [-0.05, 0) is 49.4 Å². The van der Waals surface area contributed by atoms with E-state index in [1.54, 1.807) is 23.9 Å². The van der Waals surface area contributed by atoms with E-state index in [2.05, 4.69) is 16.2 Å². The summed E-state index contributed by atoms with van der Waals surface area (Å²) in [6, 6.07) is 13.3. The van der Waals surface area contributed by atoms with Crippen LogP contribution in [0.5, 0.6) is 0 Å². The smallest absolute Gasteiger partial charge is 0.269 e. The van der Waals surface area contributed by atoms with Crippen molar-refractivity contribution < 1.29 is 9.59 Å². The molecule has 2 amide bonds. The molecule has 0 aliphatic heterocycles. The third kappa shape index (κ3) is 5.83. The van der Waals surface area contributed by atoms with Crippen molar-refractivity contribution in [1.82, 2.24) is 10.9 Å². The molecule has 0 heterocycles. The molecule has 0 atom stereocenters. The second kappa shape index (κ2) is 9.13. The molecule has 2 aromatic carbocycles. The predicted octanol–water partition coefficient (Wildman–Crippen LogP) is 3.04. The first-order chi connectivity index (χ1) is 12.0. The lowest BCUT2D eigenvalue weighted by Crippen LogP contribution is -2.44. The van der Waals surface area contributed by atoms with Crippen molar-refractivity contribution in [3.05, 3.63) is 64.7 Å². The van der Waals surface area contributed by atoms with Crippen molar-refractivity contribution in [1.29, 1.82) is 0 Å². The highest BCUT2D eigenvalue weighted by Crippen LogP contribution is 2.15. The fourth-order valence-corrected chi connectivity index (χ4v) is 2.88. The van der Waals surface area contributed by atoms with Crippen LogP contribution < -0.4 is 16.2 Å². The number of aryl methyl sites for hydroxylation is 2. The van der Waals surface area contributed by atoms with Gasteiger partial charge in [0.05, 0.1) is 6.54 Å². The zero-order chi connectivity index (χ0) is 18.2. The van der Waals surface area contributed by atoms with E-state index in [1.807, 2.05) is 50.4 Å². The molecule has 2 aromatic rings. The van der Waals surface area contributed by atoms with Crippen LogP contribution in [-0.4, -0.2) is 24.6 Å². The Balaban J connectivity index is 1.79. The highest BCUT2D eigenvalue weighted by atomic mass is 32.2. The van der Waals surface area contributed by atoms with Crippen LogP contribution in [0.3, 0.4) is 0 Å². The number of benzene rings is 2. The molecular formula is C19H23N3O2S. The van der Waals surface area contributed by atoms with Gasteiger partial charge < -0.3 is 5.32 Å². The summed E-state index contributed by atoms with van der Waals surface area (Å²) >= 11 is 1.72. The van der Waals surface area contributed by atoms with Gasteiger partial charge in [0.15, 0.2) is 0 Å². The summed E-state index contributed by atoms with van der Waals surface area (Å²) in [6.07, 6.45) is 2.03. The number of nitrogens with one attached hydrogen (secondary N) is 3. The first kappa shape index (κ1) is 18.9. The van der Waals surface area contributed by atoms with E-state index in [9.17, 15) is 9.59 Å². The van der Waals surface area contributed by atoms with E-state index in [4.69, 9.17) is 0 Å². The van der Waals surface area contributed by atoms with Crippen LogP contribution in [0.25, 0.3) is 0 Å². The Morgan fingerprint density at radius 1 is 1.00 bits per heavy atom. The predicted molar refractivity (Wildman–Crippen MR) is 104 cm³/mol. The summed E-state index contributed by atoms with van der Waals surface area (Å²) < 4.78 is 0. The number of carbonyl (C=O) groups is 2. The molecule has 0 unspecified atom stereocenters. The average Bonchev–Trinajstić information content (AvgIpc) is 2.60. The number of hydrogen-bond donors (Lipinski definition) is 3. The maximum atomic E-state index is 12.0. The Labute approximate surface area is 152 Å². The molecule has 0 aromatic heterocycles. The molecule has 0 bridgehead atoms. The van der Waals surface area contributed by atoms with Crippen molar-refractivity contribution in [2.45, 2.75) is 19.6 Å². The molecule has 0 fully saturated rings. The zero-order valence-electron chi connectivity index (χ0n) is 14.7. The minimum absolute atomic E-state index is 0.0802. The fraction of sp³-hybridized carbons (Fsp3) is 0.263. The monoisotopic (exact) mass is 357 g/mol. The van der Waals surface area contributed by atoms with Gasteiger partial charge in [0.25, 0.3) is 11.8 Å². The fourth-order valence-electron chi connectivity index (χ4n) is 2.35. The molecule has 25 heavy (non-hydrogen) atoms. The summed E-state index contributed by atoms with van der Waals surface area (Å²) in [5.41, 5.74) is 9.65. The third-order valence-electron chi connectivity index (χ3n) is 3.66. The SMILES string of the molecule is CSCc1ccc(C(=O)NNC(=O)CNc2ccc(C)cc2C)cc1. The molecule has 0 spiro atoms. The van der Waals surface area contributed by atoms with Gasteiger partial charge in [-0.3, -0.25) is 20.4 Å². The topological polar surface area (TPSA) is 70.2 Å². The number of hydrogen-bond acceptors (Lipinski definition) is 4. The van der Waals surface area contributed by atoms with Gasteiger partial charge in [0.1, 0.15) is 0 Å². The number of carbonyl (C=O) groups excluding carboxylic acids is 2. The van der Waals surface area contributed by atoms with Crippen LogP contribution in [-0.2, 0) is 10.5 Å². The van der Waals surface area contributed by atoms with Gasteiger partial charge in [-0.1, -0.05) is 29.8 Å². The number of hydrazine groups is 1. The molecule has 2 rings (SSSR count). The van der Waals surface area contributed by atoms with Crippen LogP contribution >= 0.6 is 11.8 Å². The van der Waals surface area contributed by atoms with Crippen molar-refractivity contribution in [3.63, 3.8) is 0 Å². The summed E-state index contributed by atoms with van der Waals surface area (Å²) in [5, 5.41) is 3.06. The van der Waals surface area contributed by atoms with E-state index < -0.39 is 0 Å². The quantitative estimate of drug-likeness (QED) is 0.695. The van der Waals surface area contributed by atoms with Gasteiger partial charge >= 0.3 is 0 Å². The number of rotatable bonds is 6. The molecule has 0 saturated carbocycles. The van der Waals surface area contributed by atoms with Gasteiger partial charge in [0.2, 0.25) is 0 Å². The highest BCUT2D eigenvalue weighted by Gasteiger charge is 2.08. The molecular weight excluding hydrogens is 334 g/mol. The first-order valence-electron chi connectivity index (χ1n) is 7.98. The van der Waals surface area contributed by atoms with Gasteiger partial charge in [-0.15, -0.1) is 0 Å². The van der Waals surface area contributed by atoms with Crippen LogP contribution in [0.15, 0.2) is 42.5 Å². The van der Waals surface area contributed by atoms with E-state index in [0.717, 1.165) is 22.6 Å². The second-order valence-corrected chi connectivity index (χ2v) is 6.67. The third-order valence-corrected chi connectivity index (χ3v) is 4.29. The average molecular weight is 357 g/mol. The van der Waals surface area contributed by atoms with E-state index >= 15 is 0 Å². The molecule has 132 valence electrons. The second-order valence-electron chi connectivity index (χ2n) is 5.80. The lowest BCUT2D eigenvalue weighted by atomic mass is 10.1. The van der Waals surface area contributed by atoms with Gasteiger partial charge in [-0.2, -0.15) is 11.8 Å². The Morgan fingerprint density at radius 2 is 1.72 bits per heavy atom. The van der Waals surface area contributed by atoms with E-state index in [-0.39, 0.29) is 18.4 Å². The lowest BCUT2D eigenvalue weighted by molar-refractivity contribution is -0.120. The minimum Gasteiger partial charge on any atom is -0.376 e. The maximum Gasteiger partial charge on any atom is 0.269 e. The Bertz CT molecular complexity index is 745. The summed E-state index contributed by atoms with van der Waals surface area (Å²) in [6.45, 7) is 4.08. The molecule has 3 N–H and O–H groups in total. The maximum absolute atomic E-state index is 12.0. The highest BCUT2D eigenvalue weighted by molar-refractivity contribution is 7.97. The van der Waals surface area contributed by atoms with Crippen LogP contribution in [0.4, 0.5) is 5.69 Å². The summed E-state index contributed by atoms with van der Waals surface area (Å²) in [5.74, 6) is 0.255. The van der Waals surface area contributed by atoms with Crippen LogP contribution in [0.2, 0.25) is 0 Å². The zero-order valence-corrected chi connectivity index (χ0v) is 15.5. The Kier molecular flexibility index (Phi) is 6.89. The van der Waals surface area contributed by atoms with Crippen molar-refractivity contribution in [2.24, 2.45) is 0 Å². The largest absolute Gasteiger partial charge is 0.376 e. The molecule has 0 radical (unpaired) electrons.